The maximum absolute atomic E-state index is 13.2. The van der Waals surface area contributed by atoms with Crippen molar-refractivity contribution >= 4 is 40.7 Å². The Balaban J connectivity index is 0.000000716. The topological polar surface area (TPSA) is 209 Å². The number of alkyl halides is 3. The molecule has 0 spiro atoms. The summed E-state index contributed by atoms with van der Waals surface area (Å²) >= 11 is 0. The molecule has 6 heterocycles. The first-order valence-corrected chi connectivity index (χ1v) is 19.3. The Labute approximate surface area is 342 Å². The minimum atomic E-state index is -5.08. The molecule has 16 nitrogen and oxygen atoms in total. The molecule has 0 saturated carbocycles. The molecule has 3 fully saturated rings. The summed E-state index contributed by atoms with van der Waals surface area (Å²) in [7, 11) is 0. The van der Waals surface area contributed by atoms with Crippen LogP contribution in [0.5, 0.6) is 0 Å². The van der Waals surface area contributed by atoms with Gasteiger partial charge in [-0.1, -0.05) is 60.7 Å². The van der Waals surface area contributed by atoms with Gasteiger partial charge in [0.2, 0.25) is 11.9 Å². The first-order valence-electron chi connectivity index (χ1n) is 19.3. The minimum absolute atomic E-state index is 0.00427. The van der Waals surface area contributed by atoms with E-state index in [0.29, 0.717) is 54.7 Å². The summed E-state index contributed by atoms with van der Waals surface area (Å²) in [5.74, 6) is -3.37. The van der Waals surface area contributed by atoms with Crippen molar-refractivity contribution in [3.63, 3.8) is 0 Å². The number of halogens is 3. The molecule has 5 atom stereocenters. The molecular formula is C41H44F3N9O7. The third kappa shape index (κ3) is 8.87. The van der Waals surface area contributed by atoms with Crippen LogP contribution in [0.25, 0.3) is 11.2 Å². The molecule has 5 N–H and O–H groups in total. The van der Waals surface area contributed by atoms with Crippen molar-refractivity contribution in [2.75, 3.05) is 36.4 Å². The summed E-state index contributed by atoms with van der Waals surface area (Å²) in [6.07, 6.45) is -2.24. The zero-order valence-corrected chi connectivity index (χ0v) is 32.9. The third-order valence-electron chi connectivity index (χ3n) is 10.5. The monoisotopic (exact) mass is 831 g/mol. The van der Waals surface area contributed by atoms with Crippen LogP contribution >= 0.6 is 0 Å². The van der Waals surface area contributed by atoms with Crippen LogP contribution in [0, 0.1) is 0 Å². The normalized spacial score (nSPS) is 22.0. The lowest BCUT2D eigenvalue weighted by atomic mass is 9.91. The van der Waals surface area contributed by atoms with Gasteiger partial charge in [0.25, 0.3) is 5.91 Å². The van der Waals surface area contributed by atoms with E-state index < -0.39 is 48.4 Å². The smallest absolute Gasteiger partial charge is 0.475 e. The fourth-order valence-corrected chi connectivity index (χ4v) is 7.79. The Bertz CT molecular complexity index is 2290. The largest absolute Gasteiger partial charge is 0.490 e. The number of aromatic nitrogens is 5. The quantitative estimate of drug-likeness (QED) is 0.142. The molecule has 0 aliphatic carbocycles. The van der Waals surface area contributed by atoms with Crippen LogP contribution in [0.1, 0.15) is 72.3 Å². The van der Waals surface area contributed by atoms with Crippen molar-refractivity contribution in [1.29, 1.82) is 0 Å². The van der Waals surface area contributed by atoms with Crippen molar-refractivity contribution in [2.45, 2.75) is 75.5 Å². The second-order valence-electron chi connectivity index (χ2n) is 14.9. The summed E-state index contributed by atoms with van der Waals surface area (Å²) in [6.45, 7) is 7.70. The van der Waals surface area contributed by atoms with Gasteiger partial charge >= 0.3 is 12.1 Å². The Morgan fingerprint density at radius 1 is 1.00 bits per heavy atom. The maximum atomic E-state index is 13.2. The van der Waals surface area contributed by atoms with Gasteiger partial charge in [0.15, 0.2) is 35.1 Å². The van der Waals surface area contributed by atoms with Crippen molar-refractivity contribution in [1.82, 2.24) is 29.8 Å². The van der Waals surface area contributed by atoms with Crippen molar-refractivity contribution in [2.24, 2.45) is 5.73 Å². The zero-order chi connectivity index (χ0) is 42.8. The predicted octanol–water partition coefficient (Wildman–Crippen LogP) is 4.75. The third-order valence-corrected chi connectivity index (χ3v) is 10.5. The lowest BCUT2D eigenvalue weighted by Gasteiger charge is -2.25. The molecule has 3 aromatic heterocycles. The number of rotatable bonds is 11. The number of carbonyl (C=O) groups excluding carboxylic acids is 2. The van der Waals surface area contributed by atoms with Crippen LogP contribution in [0.4, 0.5) is 24.9 Å². The molecule has 0 radical (unpaired) electrons. The summed E-state index contributed by atoms with van der Waals surface area (Å²) in [6, 6.07) is 22.4. The first kappa shape index (κ1) is 42.0. The molecule has 60 heavy (non-hydrogen) atoms. The van der Waals surface area contributed by atoms with E-state index in [4.69, 9.17) is 44.8 Å². The predicted molar refractivity (Wildman–Crippen MR) is 211 cm³/mol. The highest BCUT2D eigenvalue weighted by Crippen LogP contribution is 2.44. The van der Waals surface area contributed by atoms with Gasteiger partial charge in [-0.2, -0.15) is 23.1 Å². The number of fused-ring (bicyclic) bond motifs is 2. The van der Waals surface area contributed by atoms with E-state index in [2.05, 4.69) is 44.8 Å². The van der Waals surface area contributed by atoms with Gasteiger partial charge in [0.05, 0.1) is 6.33 Å². The molecule has 316 valence electrons. The van der Waals surface area contributed by atoms with Crippen molar-refractivity contribution in [3.8, 4) is 0 Å². The molecule has 0 unspecified atom stereocenters. The fraction of sp³-hybridized carbons (Fsp3) is 0.390. The Morgan fingerprint density at radius 3 is 2.27 bits per heavy atom. The SMILES string of the molecule is CCNC(=O)[C@H]1O[C@@H](n2cnc3c(NCC(c4ccccc4)c4ccccc4)nc(N4CC[C@H](c5cnccc5C(N)=O)C4)nc32)[C@@H]2OC(C)(C)O[C@@H]21.O=C(O)C(F)(F)F. The summed E-state index contributed by atoms with van der Waals surface area (Å²) < 4.78 is 52.6. The number of hydrogen-bond acceptors (Lipinski definition) is 12. The highest BCUT2D eigenvalue weighted by atomic mass is 19.4. The van der Waals surface area contributed by atoms with Gasteiger partial charge in [0.1, 0.15) is 12.2 Å². The van der Waals surface area contributed by atoms with Crippen LogP contribution in [-0.2, 0) is 23.8 Å². The second kappa shape index (κ2) is 17.2. The lowest BCUT2D eigenvalue weighted by Crippen LogP contribution is -2.42. The van der Waals surface area contributed by atoms with Crippen LogP contribution in [-0.4, -0.2) is 104 Å². The molecule has 3 saturated heterocycles. The number of nitrogens with zero attached hydrogens (tertiary/aromatic N) is 6. The number of benzene rings is 2. The molecule has 3 aliphatic rings. The minimum Gasteiger partial charge on any atom is -0.475 e. The average molecular weight is 832 g/mol. The Morgan fingerprint density at radius 2 is 1.65 bits per heavy atom. The van der Waals surface area contributed by atoms with Crippen LogP contribution in [0.15, 0.2) is 85.5 Å². The standard InChI is InChI=1S/C39H43N9O5.C2HF3O2/c1-4-42-36(50)31-30-32(53-39(2,3)52-30)37(51-31)48-22-44-29-34(43-20-27(23-11-7-5-8-12-23)24-13-9-6-10-14-24)45-38(46-35(29)48)47-18-16-25(21-47)28-19-41-17-15-26(28)33(40)49;3-2(4,5)1(6)7/h5-15,17,19,22,25,27,30-32,37H,4,16,18,20-21H2,1-3H3,(H2,40,49)(H,42,50)(H,43,45,46);(H,6,7)/t25-,30+,31-,32+,37+;/m0./s1. The molecule has 5 aromatic rings. The summed E-state index contributed by atoms with van der Waals surface area (Å²) in [5, 5.41) is 13.6. The second-order valence-corrected chi connectivity index (χ2v) is 14.9. The summed E-state index contributed by atoms with van der Waals surface area (Å²) in [4.78, 5) is 55.8. The molecule has 2 amide bonds. The van der Waals surface area contributed by atoms with E-state index in [1.807, 2.05) is 61.7 Å². The number of imidazole rings is 1. The van der Waals surface area contributed by atoms with Gasteiger partial charge in [-0.15, -0.1) is 0 Å². The van der Waals surface area contributed by atoms with Crippen LogP contribution < -0.4 is 21.3 Å². The number of nitrogens with two attached hydrogens (primary N) is 1. The van der Waals surface area contributed by atoms with Crippen LogP contribution in [0.3, 0.4) is 0 Å². The molecule has 3 aliphatic heterocycles. The average Bonchev–Trinajstić information content (AvgIpc) is 4.02. The molecule has 0 bridgehead atoms. The number of pyridine rings is 1. The van der Waals surface area contributed by atoms with E-state index in [1.165, 1.54) is 0 Å². The highest BCUT2D eigenvalue weighted by molar-refractivity contribution is 5.94. The number of nitrogens with one attached hydrogen (secondary N) is 2. The van der Waals surface area contributed by atoms with Gasteiger partial charge in [-0.05, 0) is 49.9 Å². The Hall–Kier alpha value is -6.18. The number of primary amides is 1. The number of ether oxygens (including phenoxy) is 3. The summed E-state index contributed by atoms with van der Waals surface area (Å²) in [5.41, 5.74) is 10.4. The maximum Gasteiger partial charge on any atom is 0.490 e. The number of carboxylic acid groups (broad SMARTS) is 1. The number of aliphatic carboxylic acids is 1. The Kier molecular flexibility index (Phi) is 12.0. The van der Waals surface area contributed by atoms with Gasteiger partial charge < -0.3 is 40.6 Å². The lowest BCUT2D eigenvalue weighted by molar-refractivity contribution is -0.197. The number of carboxylic acids is 1. The molecule has 8 rings (SSSR count). The number of anilines is 2. The van der Waals surface area contributed by atoms with E-state index in [-0.39, 0.29) is 17.7 Å². The van der Waals surface area contributed by atoms with Crippen molar-refractivity contribution in [3.05, 3.63) is 108 Å². The first-order chi connectivity index (χ1) is 28.6. The van der Waals surface area contributed by atoms with E-state index >= 15 is 0 Å². The van der Waals surface area contributed by atoms with E-state index in [0.717, 1.165) is 23.1 Å². The van der Waals surface area contributed by atoms with Gasteiger partial charge in [0, 0.05) is 56.0 Å². The van der Waals surface area contributed by atoms with Gasteiger partial charge in [-0.25, -0.2) is 9.78 Å². The van der Waals surface area contributed by atoms with Crippen molar-refractivity contribution < 1.29 is 46.9 Å². The molecule has 19 heteroatoms. The number of hydrogen-bond donors (Lipinski definition) is 4. The fourth-order valence-electron chi connectivity index (χ4n) is 7.79. The van der Waals surface area contributed by atoms with Crippen LogP contribution in [0.2, 0.25) is 0 Å². The number of amides is 2. The highest BCUT2D eigenvalue weighted by Gasteiger charge is 2.58. The van der Waals surface area contributed by atoms with Gasteiger partial charge in [-0.3, -0.25) is 19.1 Å². The molecular weight excluding hydrogens is 788 g/mol. The number of carbonyl (C=O) groups is 3. The molecule has 2 aromatic carbocycles. The van der Waals surface area contributed by atoms with E-state index in [9.17, 15) is 22.8 Å². The number of likely N-dealkylation sites (N-methyl/N-ethyl adjacent to an activating group) is 1. The zero-order valence-electron chi connectivity index (χ0n) is 32.9. The van der Waals surface area contributed by atoms with E-state index in [1.54, 1.807) is 24.8 Å².